The highest BCUT2D eigenvalue weighted by molar-refractivity contribution is 7.89. The predicted molar refractivity (Wildman–Crippen MR) is 69.2 cm³/mol. The van der Waals surface area contributed by atoms with Crippen LogP contribution in [0, 0.1) is 6.92 Å². The highest BCUT2D eigenvalue weighted by Crippen LogP contribution is 2.19. The second-order valence-corrected chi connectivity index (χ2v) is 6.40. The number of sulfonamides is 1. The molecule has 5 heteroatoms. The van der Waals surface area contributed by atoms with Gasteiger partial charge in [-0.1, -0.05) is 6.07 Å². The SMILES string of the molecule is Cc1cc(S(=O)(=O)N(C)C(C)C)ccc1CN. The first-order valence-corrected chi connectivity index (χ1v) is 7.02. The molecule has 0 radical (unpaired) electrons. The number of benzene rings is 1. The molecule has 0 aromatic heterocycles. The number of hydrogen-bond acceptors (Lipinski definition) is 3. The van der Waals surface area contributed by atoms with Crippen LogP contribution in [0.25, 0.3) is 0 Å². The summed E-state index contributed by atoms with van der Waals surface area (Å²) in [5.74, 6) is 0. The van der Waals surface area contributed by atoms with Crippen LogP contribution in [0.3, 0.4) is 0 Å². The van der Waals surface area contributed by atoms with Crippen LogP contribution >= 0.6 is 0 Å². The van der Waals surface area contributed by atoms with Gasteiger partial charge in [0.25, 0.3) is 0 Å². The van der Waals surface area contributed by atoms with Crippen molar-refractivity contribution in [1.29, 1.82) is 0 Å². The molecule has 1 rings (SSSR count). The Labute approximate surface area is 103 Å². The smallest absolute Gasteiger partial charge is 0.243 e. The zero-order chi connectivity index (χ0) is 13.2. The molecular weight excluding hydrogens is 236 g/mol. The molecule has 0 heterocycles. The van der Waals surface area contributed by atoms with Gasteiger partial charge in [-0.2, -0.15) is 4.31 Å². The van der Waals surface area contributed by atoms with Gasteiger partial charge >= 0.3 is 0 Å². The first-order chi connectivity index (χ1) is 7.80. The van der Waals surface area contributed by atoms with Crippen LogP contribution in [0.15, 0.2) is 23.1 Å². The lowest BCUT2D eigenvalue weighted by molar-refractivity contribution is 0.410. The molecule has 0 saturated heterocycles. The van der Waals surface area contributed by atoms with E-state index in [4.69, 9.17) is 5.73 Å². The molecule has 0 aliphatic heterocycles. The van der Waals surface area contributed by atoms with Gasteiger partial charge in [0.05, 0.1) is 4.90 Å². The molecule has 0 amide bonds. The summed E-state index contributed by atoms with van der Waals surface area (Å²) in [7, 11) is -1.80. The third-order valence-corrected chi connectivity index (χ3v) is 4.97. The molecule has 0 saturated carbocycles. The Kier molecular flexibility index (Phi) is 4.30. The largest absolute Gasteiger partial charge is 0.326 e. The molecule has 17 heavy (non-hydrogen) atoms. The van der Waals surface area contributed by atoms with Crippen LogP contribution in [-0.2, 0) is 16.6 Å². The van der Waals surface area contributed by atoms with Crippen molar-refractivity contribution in [3.63, 3.8) is 0 Å². The zero-order valence-corrected chi connectivity index (χ0v) is 11.6. The van der Waals surface area contributed by atoms with E-state index in [-0.39, 0.29) is 6.04 Å². The summed E-state index contributed by atoms with van der Waals surface area (Å²) in [6.07, 6.45) is 0. The molecule has 0 spiro atoms. The van der Waals surface area contributed by atoms with E-state index < -0.39 is 10.0 Å². The summed E-state index contributed by atoms with van der Waals surface area (Å²) in [5, 5.41) is 0. The van der Waals surface area contributed by atoms with Gasteiger partial charge in [-0.05, 0) is 44.0 Å². The van der Waals surface area contributed by atoms with Crippen molar-refractivity contribution in [1.82, 2.24) is 4.31 Å². The van der Waals surface area contributed by atoms with Gasteiger partial charge in [0.1, 0.15) is 0 Å². The summed E-state index contributed by atoms with van der Waals surface area (Å²) in [6.45, 7) is 5.99. The molecule has 0 aliphatic rings. The van der Waals surface area contributed by atoms with Gasteiger partial charge in [-0.25, -0.2) is 8.42 Å². The monoisotopic (exact) mass is 256 g/mol. The van der Waals surface area contributed by atoms with E-state index in [0.717, 1.165) is 11.1 Å². The number of aryl methyl sites for hydroxylation is 1. The van der Waals surface area contributed by atoms with Gasteiger partial charge < -0.3 is 5.73 Å². The van der Waals surface area contributed by atoms with Gasteiger partial charge in [0, 0.05) is 19.6 Å². The molecule has 0 bridgehead atoms. The van der Waals surface area contributed by atoms with Crippen molar-refractivity contribution < 1.29 is 8.42 Å². The number of rotatable bonds is 4. The van der Waals surface area contributed by atoms with Crippen molar-refractivity contribution in [3.8, 4) is 0 Å². The Bertz CT molecular complexity index is 495. The number of hydrogen-bond donors (Lipinski definition) is 1. The molecule has 0 aliphatic carbocycles. The molecule has 0 unspecified atom stereocenters. The minimum absolute atomic E-state index is 0.0607. The van der Waals surface area contributed by atoms with Gasteiger partial charge in [0.15, 0.2) is 0 Å². The topological polar surface area (TPSA) is 63.4 Å². The normalized spacial score (nSPS) is 12.4. The Balaban J connectivity index is 3.21. The van der Waals surface area contributed by atoms with Crippen molar-refractivity contribution in [2.24, 2.45) is 5.73 Å². The first-order valence-electron chi connectivity index (χ1n) is 5.58. The van der Waals surface area contributed by atoms with E-state index in [1.165, 1.54) is 4.31 Å². The zero-order valence-electron chi connectivity index (χ0n) is 10.8. The summed E-state index contributed by atoms with van der Waals surface area (Å²) in [6, 6.07) is 5.01. The fourth-order valence-corrected chi connectivity index (χ4v) is 2.95. The molecular formula is C12H20N2O2S. The maximum Gasteiger partial charge on any atom is 0.243 e. The van der Waals surface area contributed by atoms with E-state index in [2.05, 4.69) is 0 Å². The van der Waals surface area contributed by atoms with Crippen LogP contribution in [-0.4, -0.2) is 25.8 Å². The lowest BCUT2D eigenvalue weighted by Gasteiger charge is -2.21. The number of nitrogens with zero attached hydrogens (tertiary/aromatic N) is 1. The standard InChI is InChI=1S/C12H20N2O2S/c1-9(2)14(4)17(15,16)12-6-5-11(8-13)10(3)7-12/h5-7,9H,8,13H2,1-4H3. The summed E-state index contributed by atoms with van der Waals surface area (Å²) < 4.78 is 25.8. The van der Waals surface area contributed by atoms with Crippen LogP contribution in [0.1, 0.15) is 25.0 Å². The Morgan fingerprint density at radius 3 is 2.35 bits per heavy atom. The fourth-order valence-electron chi connectivity index (χ4n) is 1.50. The molecule has 1 aromatic rings. The van der Waals surface area contributed by atoms with Crippen molar-refractivity contribution in [2.45, 2.75) is 38.3 Å². The van der Waals surface area contributed by atoms with Gasteiger partial charge in [0.2, 0.25) is 10.0 Å². The minimum atomic E-state index is -3.39. The highest BCUT2D eigenvalue weighted by Gasteiger charge is 2.23. The van der Waals surface area contributed by atoms with Crippen molar-refractivity contribution in [3.05, 3.63) is 29.3 Å². The first kappa shape index (κ1) is 14.2. The third-order valence-electron chi connectivity index (χ3n) is 2.94. The molecule has 0 atom stereocenters. The third kappa shape index (κ3) is 2.86. The lowest BCUT2D eigenvalue weighted by Crippen LogP contribution is -2.33. The maximum absolute atomic E-state index is 12.2. The van der Waals surface area contributed by atoms with E-state index in [1.807, 2.05) is 20.8 Å². The maximum atomic E-state index is 12.2. The molecule has 4 nitrogen and oxygen atoms in total. The highest BCUT2D eigenvalue weighted by atomic mass is 32.2. The average molecular weight is 256 g/mol. The summed E-state index contributed by atoms with van der Waals surface area (Å²) >= 11 is 0. The van der Waals surface area contributed by atoms with E-state index in [9.17, 15) is 8.42 Å². The Morgan fingerprint density at radius 1 is 1.35 bits per heavy atom. The van der Waals surface area contributed by atoms with E-state index in [0.29, 0.717) is 11.4 Å². The molecule has 2 N–H and O–H groups in total. The van der Waals surface area contributed by atoms with Gasteiger partial charge in [-0.15, -0.1) is 0 Å². The number of nitrogens with two attached hydrogens (primary N) is 1. The quantitative estimate of drug-likeness (QED) is 0.887. The van der Waals surface area contributed by atoms with Crippen LogP contribution < -0.4 is 5.73 Å². The summed E-state index contributed by atoms with van der Waals surface area (Å²) in [5.41, 5.74) is 7.43. The lowest BCUT2D eigenvalue weighted by atomic mass is 10.1. The van der Waals surface area contributed by atoms with Crippen LogP contribution in [0.4, 0.5) is 0 Å². The molecule has 0 fully saturated rings. The molecule has 96 valence electrons. The average Bonchev–Trinajstić information content (AvgIpc) is 2.27. The second kappa shape index (κ2) is 5.16. The van der Waals surface area contributed by atoms with E-state index >= 15 is 0 Å². The Morgan fingerprint density at radius 2 is 1.94 bits per heavy atom. The summed E-state index contributed by atoms with van der Waals surface area (Å²) in [4.78, 5) is 0.323. The van der Waals surface area contributed by atoms with E-state index in [1.54, 1.807) is 25.2 Å². The van der Waals surface area contributed by atoms with Crippen LogP contribution in [0.5, 0.6) is 0 Å². The van der Waals surface area contributed by atoms with Crippen molar-refractivity contribution in [2.75, 3.05) is 7.05 Å². The fraction of sp³-hybridized carbons (Fsp3) is 0.500. The second-order valence-electron chi connectivity index (χ2n) is 4.41. The molecule has 1 aromatic carbocycles. The van der Waals surface area contributed by atoms with Crippen molar-refractivity contribution >= 4 is 10.0 Å². The van der Waals surface area contributed by atoms with Crippen LogP contribution in [0.2, 0.25) is 0 Å². The Hall–Kier alpha value is -0.910. The minimum Gasteiger partial charge on any atom is -0.326 e. The predicted octanol–water partition coefficient (Wildman–Crippen LogP) is 1.48. The van der Waals surface area contributed by atoms with Gasteiger partial charge in [-0.3, -0.25) is 0 Å².